The van der Waals surface area contributed by atoms with Crippen LogP contribution in [0.5, 0.6) is 5.75 Å². The van der Waals surface area contributed by atoms with Crippen LogP contribution in [-0.4, -0.2) is 17.7 Å². The van der Waals surface area contributed by atoms with Crippen LogP contribution < -0.4 is 0 Å². The quantitative estimate of drug-likeness (QED) is 0.330. The van der Waals surface area contributed by atoms with E-state index < -0.39 is 5.97 Å². The van der Waals surface area contributed by atoms with Gasteiger partial charge in [-0.2, -0.15) is 0 Å². The van der Waals surface area contributed by atoms with E-state index in [2.05, 4.69) is 13.0 Å². The zero-order valence-electron chi connectivity index (χ0n) is 16.3. The van der Waals surface area contributed by atoms with Gasteiger partial charge in [0.2, 0.25) is 0 Å². The lowest BCUT2D eigenvalue weighted by molar-refractivity contribution is 0.0524. The molecule has 3 heterocycles. The van der Waals surface area contributed by atoms with Crippen molar-refractivity contribution in [2.24, 2.45) is 0 Å². The number of thiophene rings is 3. The summed E-state index contributed by atoms with van der Waals surface area (Å²) in [5.41, 5.74) is 3.50. The molecule has 0 saturated carbocycles. The van der Waals surface area contributed by atoms with Crippen LogP contribution in [0.2, 0.25) is 0 Å². The first-order valence-corrected chi connectivity index (χ1v) is 11.8. The number of carbonyl (C=O) groups excluding carboxylic acids is 1. The van der Waals surface area contributed by atoms with Crippen molar-refractivity contribution in [2.45, 2.75) is 20.8 Å². The minimum Gasteiger partial charge on any atom is -0.506 e. The third-order valence-electron chi connectivity index (χ3n) is 4.66. The van der Waals surface area contributed by atoms with Gasteiger partial charge in [-0.1, -0.05) is 12.1 Å². The van der Waals surface area contributed by atoms with Gasteiger partial charge in [-0.05, 0) is 61.4 Å². The Morgan fingerprint density at radius 3 is 2.17 bits per heavy atom. The highest BCUT2D eigenvalue weighted by molar-refractivity contribution is 7.14. The molecule has 0 radical (unpaired) electrons. The number of rotatable bonds is 5. The zero-order chi connectivity index (χ0) is 20.5. The average molecular weight is 441 g/mol. The zero-order valence-corrected chi connectivity index (χ0v) is 18.8. The van der Waals surface area contributed by atoms with Crippen molar-refractivity contribution in [1.82, 2.24) is 0 Å². The fourth-order valence-corrected chi connectivity index (χ4v) is 5.91. The molecule has 1 N–H and O–H groups in total. The molecule has 6 heteroatoms. The lowest BCUT2D eigenvalue weighted by Gasteiger charge is -2.18. The number of phenolic OH excluding ortho intramolecular Hbond substituents is 1. The van der Waals surface area contributed by atoms with Crippen LogP contribution in [0.25, 0.3) is 32.0 Å². The van der Waals surface area contributed by atoms with Gasteiger partial charge in [-0.25, -0.2) is 4.79 Å². The van der Waals surface area contributed by atoms with Crippen molar-refractivity contribution in [2.75, 3.05) is 6.61 Å². The molecule has 0 saturated heterocycles. The summed E-state index contributed by atoms with van der Waals surface area (Å²) in [7, 11) is 0. The Bertz CT molecular complexity index is 1150. The number of esters is 1. The molecule has 0 amide bonds. The van der Waals surface area contributed by atoms with E-state index in [1.54, 1.807) is 29.6 Å². The van der Waals surface area contributed by atoms with Crippen molar-refractivity contribution in [3.05, 3.63) is 62.5 Å². The molecule has 3 aromatic heterocycles. The molecular formula is C23H20O3S3. The molecule has 0 spiro atoms. The molecule has 0 fully saturated rings. The molecule has 148 valence electrons. The summed E-state index contributed by atoms with van der Waals surface area (Å²) in [4.78, 5) is 17.1. The van der Waals surface area contributed by atoms with Crippen molar-refractivity contribution in [1.29, 1.82) is 0 Å². The van der Waals surface area contributed by atoms with Gasteiger partial charge in [0.05, 0.1) is 6.61 Å². The van der Waals surface area contributed by atoms with Crippen molar-refractivity contribution in [3.8, 4) is 37.8 Å². The van der Waals surface area contributed by atoms with Gasteiger partial charge in [-0.3, -0.25) is 0 Å². The maximum Gasteiger partial charge on any atom is 0.342 e. The molecule has 0 aliphatic heterocycles. The van der Waals surface area contributed by atoms with Crippen molar-refractivity contribution >= 4 is 40.0 Å². The number of benzene rings is 1. The second kappa shape index (κ2) is 8.14. The molecule has 4 aromatic rings. The molecule has 0 bridgehead atoms. The first-order valence-electron chi connectivity index (χ1n) is 9.23. The number of hydrogen-bond donors (Lipinski definition) is 1. The minimum atomic E-state index is -0.503. The van der Waals surface area contributed by atoms with E-state index in [9.17, 15) is 9.90 Å². The average Bonchev–Trinajstić information content (AvgIpc) is 3.43. The van der Waals surface area contributed by atoms with E-state index in [1.165, 1.54) is 11.3 Å². The topological polar surface area (TPSA) is 46.5 Å². The number of aryl methyl sites for hydroxylation is 2. The first kappa shape index (κ1) is 19.9. The third kappa shape index (κ3) is 3.64. The molecule has 3 nitrogen and oxygen atoms in total. The summed E-state index contributed by atoms with van der Waals surface area (Å²) < 4.78 is 5.32. The fourth-order valence-electron chi connectivity index (χ4n) is 3.48. The van der Waals surface area contributed by atoms with Gasteiger partial charge < -0.3 is 9.84 Å². The lowest BCUT2D eigenvalue weighted by atomic mass is 9.91. The van der Waals surface area contributed by atoms with Crippen LogP contribution in [0.3, 0.4) is 0 Å². The van der Waals surface area contributed by atoms with Crippen molar-refractivity contribution < 1.29 is 14.6 Å². The monoisotopic (exact) mass is 440 g/mol. The predicted octanol–water partition coefficient (Wildman–Crippen LogP) is 7.37. The second-order valence-electron chi connectivity index (χ2n) is 6.57. The Morgan fingerprint density at radius 2 is 1.66 bits per heavy atom. The van der Waals surface area contributed by atoms with Gasteiger partial charge in [-0.15, -0.1) is 34.0 Å². The Balaban J connectivity index is 2.10. The smallest absolute Gasteiger partial charge is 0.342 e. The van der Waals surface area contributed by atoms with E-state index in [0.29, 0.717) is 11.1 Å². The number of hydrogen-bond acceptors (Lipinski definition) is 6. The van der Waals surface area contributed by atoms with Gasteiger partial charge in [0.15, 0.2) is 0 Å². The summed E-state index contributed by atoms with van der Waals surface area (Å²) in [6, 6.07) is 12.0. The predicted molar refractivity (Wildman–Crippen MR) is 123 cm³/mol. The second-order valence-corrected chi connectivity index (χ2v) is 9.93. The van der Waals surface area contributed by atoms with Crippen LogP contribution in [-0.2, 0) is 4.74 Å². The molecule has 0 aliphatic rings. The van der Waals surface area contributed by atoms with Crippen LogP contribution in [0.4, 0.5) is 0 Å². The third-order valence-corrected chi connectivity index (χ3v) is 7.44. The summed E-state index contributed by atoms with van der Waals surface area (Å²) in [6.07, 6.45) is 0. The highest BCUT2D eigenvalue weighted by atomic mass is 32.1. The maximum absolute atomic E-state index is 12.9. The van der Waals surface area contributed by atoms with Gasteiger partial charge in [0.25, 0.3) is 0 Å². The number of aromatic hydroxyl groups is 1. The Hall–Kier alpha value is -2.41. The summed E-state index contributed by atoms with van der Waals surface area (Å²) in [5, 5.41) is 15.4. The minimum absolute atomic E-state index is 0.0151. The van der Waals surface area contributed by atoms with Crippen LogP contribution in [0.1, 0.15) is 27.0 Å². The van der Waals surface area contributed by atoms with E-state index in [1.807, 2.05) is 48.0 Å². The molecule has 0 atom stereocenters. The molecule has 29 heavy (non-hydrogen) atoms. The lowest BCUT2D eigenvalue weighted by Crippen LogP contribution is -2.08. The molecule has 4 rings (SSSR count). The molecule has 0 aliphatic carbocycles. The SMILES string of the molecule is CCOC(=O)c1c(-c2cccs2)cc(-c2cccs2)c(-c2cc(C)sc2C)c1O. The maximum atomic E-state index is 12.9. The summed E-state index contributed by atoms with van der Waals surface area (Å²) in [6.45, 7) is 6.12. The van der Waals surface area contributed by atoms with Gasteiger partial charge in [0, 0.05) is 36.2 Å². The highest BCUT2D eigenvalue weighted by Crippen LogP contribution is 2.49. The molecular weight excluding hydrogens is 420 g/mol. The first-order chi connectivity index (χ1) is 14.0. The van der Waals surface area contributed by atoms with Crippen molar-refractivity contribution in [3.63, 3.8) is 0 Å². The molecule has 1 aromatic carbocycles. The van der Waals surface area contributed by atoms with E-state index in [0.717, 1.165) is 30.6 Å². The fraction of sp³-hybridized carbons (Fsp3) is 0.174. The van der Waals surface area contributed by atoms with Gasteiger partial charge >= 0.3 is 5.97 Å². The number of phenols is 1. The van der Waals surface area contributed by atoms with Crippen LogP contribution >= 0.6 is 34.0 Å². The highest BCUT2D eigenvalue weighted by Gasteiger charge is 2.27. The van der Waals surface area contributed by atoms with E-state index in [-0.39, 0.29) is 17.9 Å². The normalized spacial score (nSPS) is 11.0. The molecule has 0 unspecified atom stereocenters. The van der Waals surface area contributed by atoms with E-state index >= 15 is 0 Å². The van der Waals surface area contributed by atoms with Crippen LogP contribution in [0.15, 0.2) is 47.2 Å². The number of ether oxygens (including phenoxy) is 1. The van der Waals surface area contributed by atoms with Crippen LogP contribution in [0, 0.1) is 13.8 Å². The number of carbonyl (C=O) groups is 1. The summed E-state index contributed by atoms with van der Waals surface area (Å²) in [5.74, 6) is -0.518. The largest absolute Gasteiger partial charge is 0.506 e. The Kier molecular flexibility index (Phi) is 5.58. The Morgan fingerprint density at radius 1 is 1.00 bits per heavy atom. The van der Waals surface area contributed by atoms with Gasteiger partial charge in [0.1, 0.15) is 11.3 Å². The standard InChI is InChI=1S/C23H20O3S3/c1-4-26-23(25)21-17(19-8-6-10-28-19)12-16(18-7-5-9-27-18)20(22(21)24)15-11-13(2)29-14(15)3/h5-12,24H,4H2,1-3H3. The van der Waals surface area contributed by atoms with E-state index in [4.69, 9.17) is 4.74 Å². The Labute approximate surface area is 181 Å². The summed E-state index contributed by atoms with van der Waals surface area (Å²) >= 11 is 4.84.